The van der Waals surface area contributed by atoms with Crippen molar-refractivity contribution >= 4 is 43.2 Å². The highest BCUT2D eigenvalue weighted by molar-refractivity contribution is 9.10. The van der Waals surface area contributed by atoms with Crippen LogP contribution in [0.4, 0.5) is 15.8 Å². The highest BCUT2D eigenvalue weighted by Crippen LogP contribution is 2.24. The number of amides is 1. The first kappa shape index (κ1) is 20.0. The molecule has 0 saturated heterocycles. The van der Waals surface area contributed by atoms with Crippen LogP contribution in [0, 0.1) is 12.7 Å². The van der Waals surface area contributed by atoms with Gasteiger partial charge >= 0.3 is 0 Å². The molecule has 3 aromatic rings. The highest BCUT2D eigenvalue weighted by atomic mass is 79.9. The van der Waals surface area contributed by atoms with Crippen molar-refractivity contribution < 1.29 is 17.6 Å². The number of sulfonamides is 1. The molecular weight excluding hydrogens is 447 g/mol. The van der Waals surface area contributed by atoms with Crippen molar-refractivity contribution in [3.05, 3.63) is 88.1 Å². The Balaban J connectivity index is 1.87. The first-order valence-corrected chi connectivity index (χ1v) is 10.5. The second kappa shape index (κ2) is 8.12. The molecule has 1 amide bonds. The second-order valence-corrected chi connectivity index (χ2v) is 8.59. The molecule has 0 unspecified atom stereocenters. The molecule has 144 valence electrons. The lowest BCUT2D eigenvalue weighted by Crippen LogP contribution is -2.16. The van der Waals surface area contributed by atoms with Crippen LogP contribution in [0.1, 0.15) is 15.9 Å². The quantitative estimate of drug-likeness (QED) is 0.563. The summed E-state index contributed by atoms with van der Waals surface area (Å²) in [5, 5.41) is 2.53. The number of hydrogen-bond acceptors (Lipinski definition) is 3. The molecule has 0 aliphatic heterocycles. The number of aryl methyl sites for hydroxylation is 1. The minimum absolute atomic E-state index is 0.0155. The number of nitrogens with one attached hydrogen (secondary N) is 2. The van der Waals surface area contributed by atoms with Gasteiger partial charge in [-0.3, -0.25) is 9.52 Å². The predicted molar refractivity (Wildman–Crippen MR) is 110 cm³/mol. The van der Waals surface area contributed by atoms with Crippen molar-refractivity contribution in [2.45, 2.75) is 11.8 Å². The maximum atomic E-state index is 13.8. The van der Waals surface area contributed by atoms with E-state index in [1.165, 1.54) is 24.3 Å². The lowest BCUT2D eigenvalue weighted by atomic mass is 10.2. The number of carbonyl (C=O) groups is 1. The van der Waals surface area contributed by atoms with E-state index in [0.29, 0.717) is 11.3 Å². The van der Waals surface area contributed by atoms with E-state index in [0.717, 1.165) is 4.47 Å². The summed E-state index contributed by atoms with van der Waals surface area (Å²) in [4.78, 5) is 12.3. The van der Waals surface area contributed by atoms with Crippen LogP contribution in [0.2, 0.25) is 0 Å². The summed E-state index contributed by atoms with van der Waals surface area (Å²) in [6.45, 7) is 1.65. The number of hydrogen-bond donors (Lipinski definition) is 2. The first-order chi connectivity index (χ1) is 13.3. The molecule has 8 heteroatoms. The lowest BCUT2D eigenvalue weighted by molar-refractivity contribution is 0.102. The zero-order valence-electron chi connectivity index (χ0n) is 14.7. The summed E-state index contributed by atoms with van der Waals surface area (Å²) in [6, 6.07) is 16.7. The van der Waals surface area contributed by atoms with E-state index < -0.39 is 21.7 Å². The first-order valence-electron chi connectivity index (χ1n) is 8.21. The van der Waals surface area contributed by atoms with Crippen LogP contribution in [0.3, 0.4) is 0 Å². The maximum absolute atomic E-state index is 13.8. The molecule has 0 aromatic heterocycles. The van der Waals surface area contributed by atoms with Gasteiger partial charge in [-0.05, 0) is 61.0 Å². The minimum Gasteiger partial charge on any atom is -0.322 e. The normalized spacial score (nSPS) is 11.1. The monoisotopic (exact) mass is 462 g/mol. The minimum atomic E-state index is -3.88. The zero-order chi connectivity index (χ0) is 20.3. The Kier molecular flexibility index (Phi) is 5.81. The van der Waals surface area contributed by atoms with Crippen LogP contribution < -0.4 is 10.0 Å². The molecule has 0 bridgehead atoms. The van der Waals surface area contributed by atoms with Gasteiger partial charge in [0.05, 0.1) is 10.5 Å². The molecule has 5 nitrogen and oxygen atoms in total. The summed E-state index contributed by atoms with van der Waals surface area (Å²) in [6.07, 6.45) is 0. The van der Waals surface area contributed by atoms with E-state index in [2.05, 4.69) is 26.0 Å². The Bertz CT molecular complexity index is 1130. The lowest BCUT2D eigenvalue weighted by Gasteiger charge is -2.13. The summed E-state index contributed by atoms with van der Waals surface area (Å²) in [5.41, 5.74) is 1.03. The summed E-state index contributed by atoms with van der Waals surface area (Å²) >= 11 is 3.29. The molecule has 2 N–H and O–H groups in total. The number of halogens is 2. The molecule has 0 fully saturated rings. The van der Waals surface area contributed by atoms with Gasteiger partial charge in [0.1, 0.15) is 5.82 Å². The third-order valence-corrected chi connectivity index (χ3v) is 6.00. The van der Waals surface area contributed by atoms with Crippen LogP contribution in [0.5, 0.6) is 0 Å². The largest absolute Gasteiger partial charge is 0.322 e. The fourth-order valence-electron chi connectivity index (χ4n) is 2.54. The molecule has 0 atom stereocenters. The molecule has 0 heterocycles. The maximum Gasteiger partial charge on any atom is 0.262 e. The highest BCUT2D eigenvalue weighted by Gasteiger charge is 2.19. The molecular formula is C20H16BrFN2O3S. The van der Waals surface area contributed by atoms with Gasteiger partial charge in [-0.2, -0.15) is 0 Å². The average Bonchev–Trinajstić information content (AvgIpc) is 2.65. The number of carbonyl (C=O) groups excluding carboxylic acids is 1. The van der Waals surface area contributed by atoms with E-state index in [1.807, 2.05) is 0 Å². The molecule has 0 radical (unpaired) electrons. The van der Waals surface area contributed by atoms with Crippen molar-refractivity contribution in [3.63, 3.8) is 0 Å². The van der Waals surface area contributed by atoms with Crippen LogP contribution in [-0.2, 0) is 10.0 Å². The molecule has 0 aliphatic rings. The molecule has 0 saturated carbocycles. The van der Waals surface area contributed by atoms with Crippen molar-refractivity contribution in [1.29, 1.82) is 0 Å². The standard InChI is InChI=1S/C20H16BrFN2O3S/c1-13-6-9-16(23-20(25)17-4-2-3-5-18(17)22)12-19(13)28(26,27)24-15-10-7-14(21)8-11-15/h2-12,24H,1H3,(H,23,25). The number of rotatable bonds is 5. The van der Waals surface area contributed by atoms with Gasteiger partial charge in [0.2, 0.25) is 0 Å². The van der Waals surface area contributed by atoms with E-state index in [1.54, 1.807) is 49.4 Å². The summed E-state index contributed by atoms with van der Waals surface area (Å²) in [5.74, 6) is -1.32. The van der Waals surface area contributed by atoms with Gasteiger partial charge in [-0.25, -0.2) is 12.8 Å². The van der Waals surface area contributed by atoms with Gasteiger partial charge in [0.15, 0.2) is 0 Å². The Labute approximate surface area is 170 Å². The molecule has 0 aliphatic carbocycles. The molecule has 3 rings (SSSR count). The topological polar surface area (TPSA) is 75.3 Å². The SMILES string of the molecule is Cc1ccc(NC(=O)c2ccccc2F)cc1S(=O)(=O)Nc1ccc(Br)cc1. The smallest absolute Gasteiger partial charge is 0.262 e. The summed E-state index contributed by atoms with van der Waals surface area (Å²) in [7, 11) is -3.88. The third kappa shape index (κ3) is 4.58. The fraction of sp³-hybridized carbons (Fsp3) is 0.0500. The van der Waals surface area contributed by atoms with Gasteiger partial charge in [-0.15, -0.1) is 0 Å². The molecule has 28 heavy (non-hydrogen) atoms. The Morgan fingerprint density at radius 2 is 1.61 bits per heavy atom. The van der Waals surface area contributed by atoms with E-state index >= 15 is 0 Å². The van der Waals surface area contributed by atoms with Gasteiger partial charge < -0.3 is 5.32 Å². The average molecular weight is 463 g/mol. The van der Waals surface area contributed by atoms with Gasteiger partial charge in [0, 0.05) is 15.8 Å². The fourth-order valence-corrected chi connectivity index (χ4v) is 4.13. The van der Waals surface area contributed by atoms with Crippen LogP contribution in [0.15, 0.2) is 76.1 Å². The van der Waals surface area contributed by atoms with Gasteiger partial charge in [0.25, 0.3) is 15.9 Å². The van der Waals surface area contributed by atoms with E-state index in [9.17, 15) is 17.6 Å². The van der Waals surface area contributed by atoms with Gasteiger partial charge in [-0.1, -0.05) is 34.1 Å². The van der Waals surface area contributed by atoms with Crippen LogP contribution >= 0.6 is 15.9 Å². The summed E-state index contributed by atoms with van der Waals surface area (Å²) < 4.78 is 42.7. The Morgan fingerprint density at radius 1 is 0.964 bits per heavy atom. The third-order valence-electron chi connectivity index (χ3n) is 3.95. The van der Waals surface area contributed by atoms with E-state index in [-0.39, 0.29) is 16.1 Å². The van der Waals surface area contributed by atoms with Crippen LogP contribution in [0.25, 0.3) is 0 Å². The predicted octanol–water partition coefficient (Wildman–Crippen LogP) is 4.95. The Morgan fingerprint density at radius 3 is 2.29 bits per heavy atom. The molecule has 0 spiro atoms. The number of benzene rings is 3. The van der Waals surface area contributed by atoms with E-state index in [4.69, 9.17) is 0 Å². The van der Waals surface area contributed by atoms with Crippen molar-refractivity contribution in [3.8, 4) is 0 Å². The van der Waals surface area contributed by atoms with Crippen LogP contribution in [-0.4, -0.2) is 14.3 Å². The zero-order valence-corrected chi connectivity index (χ0v) is 17.1. The van der Waals surface area contributed by atoms with Crippen molar-refractivity contribution in [1.82, 2.24) is 0 Å². The van der Waals surface area contributed by atoms with Crippen molar-refractivity contribution in [2.24, 2.45) is 0 Å². The number of anilines is 2. The second-order valence-electron chi connectivity index (χ2n) is 6.03. The van der Waals surface area contributed by atoms with Crippen molar-refractivity contribution in [2.75, 3.05) is 10.0 Å². The molecule has 3 aromatic carbocycles. The Hall–Kier alpha value is -2.71.